The normalized spacial score (nSPS) is 10.5. The number of aryl methyl sites for hydroxylation is 2. The standard InChI is InChI=1S/C19H23N3O2/c1-14-7-9-16(10-8-14)20-18(23)12-22(3)13-19(24)21-17-6-4-5-15(2)11-17/h4-11H,12-13H2,1-3H3,(H,20,23)(H,21,24). The van der Waals surface area contributed by atoms with Crippen molar-refractivity contribution in [3.63, 3.8) is 0 Å². The van der Waals surface area contributed by atoms with E-state index in [4.69, 9.17) is 0 Å². The first kappa shape index (κ1) is 17.7. The fourth-order valence-electron chi connectivity index (χ4n) is 2.31. The molecule has 0 aliphatic carbocycles. The number of carbonyl (C=O) groups excluding carboxylic acids is 2. The number of rotatable bonds is 6. The molecular weight excluding hydrogens is 302 g/mol. The Morgan fingerprint density at radius 2 is 1.42 bits per heavy atom. The maximum absolute atomic E-state index is 12.0. The zero-order valence-corrected chi connectivity index (χ0v) is 14.3. The molecule has 2 N–H and O–H groups in total. The van der Waals surface area contributed by atoms with Crippen LogP contribution in [0.1, 0.15) is 11.1 Å². The third-order valence-corrected chi connectivity index (χ3v) is 3.46. The summed E-state index contributed by atoms with van der Waals surface area (Å²) in [6, 6.07) is 15.2. The molecule has 2 aromatic carbocycles. The summed E-state index contributed by atoms with van der Waals surface area (Å²) in [5, 5.41) is 5.65. The Bertz CT molecular complexity index is 711. The molecule has 0 fully saturated rings. The largest absolute Gasteiger partial charge is 0.325 e. The van der Waals surface area contributed by atoms with E-state index in [1.54, 1.807) is 11.9 Å². The molecule has 24 heavy (non-hydrogen) atoms. The Hall–Kier alpha value is -2.66. The summed E-state index contributed by atoms with van der Waals surface area (Å²) < 4.78 is 0. The number of hydrogen-bond acceptors (Lipinski definition) is 3. The molecule has 0 aromatic heterocycles. The second kappa shape index (κ2) is 8.26. The molecule has 0 atom stereocenters. The van der Waals surface area contributed by atoms with Crippen molar-refractivity contribution >= 4 is 23.2 Å². The smallest absolute Gasteiger partial charge is 0.238 e. The lowest BCUT2D eigenvalue weighted by Gasteiger charge is -2.16. The van der Waals surface area contributed by atoms with E-state index in [1.165, 1.54) is 0 Å². The van der Waals surface area contributed by atoms with Gasteiger partial charge in [-0.25, -0.2) is 0 Å². The fourth-order valence-corrected chi connectivity index (χ4v) is 2.31. The summed E-state index contributed by atoms with van der Waals surface area (Å²) >= 11 is 0. The van der Waals surface area contributed by atoms with Crippen molar-refractivity contribution in [3.05, 3.63) is 59.7 Å². The molecule has 0 radical (unpaired) electrons. The van der Waals surface area contributed by atoms with Crippen LogP contribution in [0, 0.1) is 13.8 Å². The zero-order chi connectivity index (χ0) is 17.5. The summed E-state index contributed by atoms with van der Waals surface area (Å²) in [6.45, 7) is 4.26. The topological polar surface area (TPSA) is 61.4 Å². The van der Waals surface area contributed by atoms with Crippen molar-refractivity contribution in [1.29, 1.82) is 0 Å². The molecule has 2 aromatic rings. The van der Waals surface area contributed by atoms with Gasteiger partial charge in [0.05, 0.1) is 13.1 Å². The van der Waals surface area contributed by atoms with Crippen LogP contribution in [0.3, 0.4) is 0 Å². The quantitative estimate of drug-likeness (QED) is 0.858. The number of amides is 2. The Kier molecular flexibility index (Phi) is 6.09. The van der Waals surface area contributed by atoms with Gasteiger partial charge in [0.25, 0.3) is 0 Å². The summed E-state index contributed by atoms with van der Waals surface area (Å²) in [6.07, 6.45) is 0. The summed E-state index contributed by atoms with van der Waals surface area (Å²) in [5.74, 6) is -0.295. The van der Waals surface area contributed by atoms with E-state index in [-0.39, 0.29) is 24.9 Å². The fraction of sp³-hybridized carbons (Fsp3) is 0.263. The molecule has 126 valence electrons. The molecule has 0 saturated heterocycles. The van der Waals surface area contributed by atoms with Gasteiger partial charge in [-0.15, -0.1) is 0 Å². The number of anilines is 2. The van der Waals surface area contributed by atoms with Gasteiger partial charge in [0.15, 0.2) is 0 Å². The van der Waals surface area contributed by atoms with Crippen LogP contribution >= 0.6 is 0 Å². The molecule has 2 rings (SSSR count). The van der Waals surface area contributed by atoms with Crippen LogP contribution in [0.15, 0.2) is 48.5 Å². The van der Waals surface area contributed by atoms with E-state index in [0.29, 0.717) is 0 Å². The van der Waals surface area contributed by atoms with Crippen molar-refractivity contribution in [2.75, 3.05) is 30.8 Å². The van der Waals surface area contributed by atoms with Gasteiger partial charge in [0.1, 0.15) is 0 Å². The summed E-state index contributed by atoms with van der Waals surface area (Å²) in [5.41, 5.74) is 3.73. The number of hydrogen-bond donors (Lipinski definition) is 2. The molecular formula is C19H23N3O2. The second-order valence-corrected chi connectivity index (χ2v) is 6.00. The van der Waals surface area contributed by atoms with E-state index < -0.39 is 0 Å². The van der Waals surface area contributed by atoms with E-state index in [0.717, 1.165) is 22.5 Å². The summed E-state index contributed by atoms with van der Waals surface area (Å²) in [7, 11) is 1.74. The molecule has 0 aliphatic rings. The molecule has 5 nitrogen and oxygen atoms in total. The second-order valence-electron chi connectivity index (χ2n) is 6.00. The molecule has 0 spiro atoms. The number of carbonyl (C=O) groups is 2. The van der Waals surface area contributed by atoms with Crippen LogP contribution in [-0.2, 0) is 9.59 Å². The predicted molar refractivity (Wildman–Crippen MR) is 97.1 cm³/mol. The first-order valence-electron chi connectivity index (χ1n) is 7.84. The lowest BCUT2D eigenvalue weighted by atomic mass is 10.2. The minimum Gasteiger partial charge on any atom is -0.325 e. The molecule has 2 amide bonds. The monoisotopic (exact) mass is 325 g/mol. The van der Waals surface area contributed by atoms with Crippen LogP contribution in [0.2, 0.25) is 0 Å². The van der Waals surface area contributed by atoms with E-state index in [2.05, 4.69) is 10.6 Å². The minimum absolute atomic E-state index is 0.147. The van der Waals surface area contributed by atoms with Crippen molar-refractivity contribution in [2.45, 2.75) is 13.8 Å². The third kappa shape index (κ3) is 5.85. The van der Waals surface area contributed by atoms with Gasteiger partial charge in [0.2, 0.25) is 11.8 Å². The first-order valence-corrected chi connectivity index (χ1v) is 7.84. The van der Waals surface area contributed by atoms with E-state index in [9.17, 15) is 9.59 Å². The van der Waals surface area contributed by atoms with Crippen LogP contribution in [-0.4, -0.2) is 36.9 Å². The van der Waals surface area contributed by atoms with Crippen molar-refractivity contribution in [3.8, 4) is 0 Å². The van der Waals surface area contributed by atoms with Crippen LogP contribution in [0.4, 0.5) is 11.4 Å². The third-order valence-electron chi connectivity index (χ3n) is 3.46. The van der Waals surface area contributed by atoms with Crippen molar-refractivity contribution < 1.29 is 9.59 Å². The van der Waals surface area contributed by atoms with Gasteiger partial charge in [-0.1, -0.05) is 29.8 Å². The van der Waals surface area contributed by atoms with E-state index in [1.807, 2.05) is 62.4 Å². The molecule has 0 saturated carbocycles. The first-order chi connectivity index (χ1) is 11.4. The van der Waals surface area contributed by atoms with Gasteiger partial charge in [-0.05, 0) is 50.7 Å². The number of likely N-dealkylation sites (N-methyl/N-ethyl adjacent to an activating group) is 1. The lowest BCUT2D eigenvalue weighted by molar-refractivity contribution is -0.119. The average molecular weight is 325 g/mol. The van der Waals surface area contributed by atoms with Gasteiger partial charge in [-0.3, -0.25) is 14.5 Å². The molecule has 0 aliphatic heterocycles. The Morgan fingerprint density at radius 1 is 0.833 bits per heavy atom. The Balaban J connectivity index is 1.79. The van der Waals surface area contributed by atoms with Crippen LogP contribution in [0.25, 0.3) is 0 Å². The summed E-state index contributed by atoms with van der Waals surface area (Å²) in [4.78, 5) is 25.7. The highest BCUT2D eigenvalue weighted by Gasteiger charge is 2.11. The number of benzene rings is 2. The molecule has 5 heteroatoms. The highest BCUT2D eigenvalue weighted by molar-refractivity contribution is 5.94. The zero-order valence-electron chi connectivity index (χ0n) is 14.3. The average Bonchev–Trinajstić information content (AvgIpc) is 2.49. The van der Waals surface area contributed by atoms with Gasteiger partial charge >= 0.3 is 0 Å². The highest BCUT2D eigenvalue weighted by Crippen LogP contribution is 2.10. The van der Waals surface area contributed by atoms with Gasteiger partial charge in [-0.2, -0.15) is 0 Å². The highest BCUT2D eigenvalue weighted by atomic mass is 16.2. The Morgan fingerprint density at radius 3 is 2.00 bits per heavy atom. The SMILES string of the molecule is Cc1ccc(NC(=O)CN(C)CC(=O)Nc2cccc(C)c2)cc1. The predicted octanol–water partition coefficient (Wildman–Crippen LogP) is 2.81. The molecule has 0 heterocycles. The lowest BCUT2D eigenvalue weighted by Crippen LogP contribution is -2.36. The number of nitrogens with one attached hydrogen (secondary N) is 2. The minimum atomic E-state index is -0.148. The van der Waals surface area contributed by atoms with Crippen molar-refractivity contribution in [2.24, 2.45) is 0 Å². The maximum Gasteiger partial charge on any atom is 0.238 e. The van der Waals surface area contributed by atoms with Gasteiger partial charge in [0, 0.05) is 11.4 Å². The maximum atomic E-state index is 12.0. The van der Waals surface area contributed by atoms with Crippen molar-refractivity contribution in [1.82, 2.24) is 4.90 Å². The molecule has 0 bridgehead atoms. The van der Waals surface area contributed by atoms with Crippen LogP contribution in [0.5, 0.6) is 0 Å². The molecule has 0 unspecified atom stereocenters. The number of nitrogens with zero attached hydrogens (tertiary/aromatic N) is 1. The van der Waals surface area contributed by atoms with E-state index >= 15 is 0 Å². The van der Waals surface area contributed by atoms with Crippen LogP contribution < -0.4 is 10.6 Å². The van der Waals surface area contributed by atoms with Gasteiger partial charge < -0.3 is 10.6 Å². The Labute approximate surface area is 142 Å².